The van der Waals surface area contributed by atoms with Crippen molar-refractivity contribution in [2.75, 3.05) is 18.4 Å². The number of nitrogens with one attached hydrogen (secondary N) is 1. The van der Waals surface area contributed by atoms with E-state index in [-0.39, 0.29) is 15.5 Å². The maximum Gasteiger partial charge on any atom is 0.288 e. The lowest BCUT2D eigenvalue weighted by atomic mass is 10.2. The Kier molecular flexibility index (Phi) is 7.15. The number of piperidine rings is 1. The van der Waals surface area contributed by atoms with Crippen molar-refractivity contribution in [1.82, 2.24) is 4.31 Å². The number of benzene rings is 2. The Bertz CT molecular complexity index is 979. The maximum atomic E-state index is 12.8. The van der Waals surface area contributed by atoms with Crippen molar-refractivity contribution in [1.29, 1.82) is 0 Å². The number of hydrogen-bond donors (Lipinski definition) is 1. The Morgan fingerprint density at radius 2 is 1.72 bits per heavy atom. The number of rotatable bonds is 6. The molecule has 0 atom stereocenters. The molecule has 5 nitrogen and oxygen atoms in total. The Balaban J connectivity index is 1.79. The third-order valence-electron chi connectivity index (χ3n) is 4.47. The number of sulfonamides is 1. The third-order valence-corrected chi connectivity index (χ3v) is 7.42. The summed E-state index contributed by atoms with van der Waals surface area (Å²) in [6, 6.07) is 9.95. The molecule has 0 saturated carbocycles. The standard InChI is InChI=1S/C19H19ClF2N2O3S2/c20-17-9-8-15(29(26,27)24-10-2-1-3-11-24)12-16(17)18(25)23-13-4-6-14(7-5-13)28-19(21)22/h4-9,12,19H,1-3,10-11H2,(H,23,25). The molecule has 1 aliphatic rings. The summed E-state index contributed by atoms with van der Waals surface area (Å²) in [4.78, 5) is 13.0. The average molecular weight is 461 g/mol. The van der Waals surface area contributed by atoms with Crippen LogP contribution >= 0.6 is 23.4 Å². The van der Waals surface area contributed by atoms with Gasteiger partial charge in [-0.05, 0) is 55.3 Å². The summed E-state index contributed by atoms with van der Waals surface area (Å²) in [5, 5.41) is 2.72. The highest BCUT2D eigenvalue weighted by atomic mass is 35.5. The van der Waals surface area contributed by atoms with E-state index < -0.39 is 21.7 Å². The van der Waals surface area contributed by atoms with Crippen LogP contribution in [-0.2, 0) is 10.0 Å². The van der Waals surface area contributed by atoms with Gasteiger partial charge >= 0.3 is 0 Å². The molecule has 1 N–H and O–H groups in total. The lowest BCUT2D eigenvalue weighted by molar-refractivity contribution is 0.102. The summed E-state index contributed by atoms with van der Waals surface area (Å²) in [7, 11) is -3.70. The summed E-state index contributed by atoms with van der Waals surface area (Å²) < 4.78 is 51.9. The molecule has 1 fully saturated rings. The first-order chi connectivity index (χ1) is 13.8. The fraction of sp³-hybridized carbons (Fsp3) is 0.316. The van der Waals surface area contributed by atoms with E-state index in [0.717, 1.165) is 19.3 Å². The minimum Gasteiger partial charge on any atom is -0.322 e. The van der Waals surface area contributed by atoms with E-state index in [9.17, 15) is 22.0 Å². The van der Waals surface area contributed by atoms with Gasteiger partial charge in [0.25, 0.3) is 11.7 Å². The number of carbonyl (C=O) groups excluding carboxylic acids is 1. The lowest BCUT2D eigenvalue weighted by Crippen LogP contribution is -2.35. The fourth-order valence-corrected chi connectivity index (χ4v) is 5.26. The zero-order valence-electron chi connectivity index (χ0n) is 15.3. The first-order valence-corrected chi connectivity index (χ1v) is 11.6. The molecule has 2 aromatic rings. The molecule has 29 heavy (non-hydrogen) atoms. The van der Waals surface area contributed by atoms with Crippen LogP contribution in [0.25, 0.3) is 0 Å². The van der Waals surface area contributed by atoms with Crippen LogP contribution in [0, 0.1) is 0 Å². The molecule has 1 amide bonds. The zero-order valence-corrected chi connectivity index (χ0v) is 17.7. The molecule has 2 aromatic carbocycles. The van der Waals surface area contributed by atoms with Gasteiger partial charge in [-0.1, -0.05) is 29.8 Å². The highest BCUT2D eigenvalue weighted by molar-refractivity contribution is 7.99. The molecule has 0 bridgehead atoms. The molecular formula is C19H19ClF2N2O3S2. The number of amides is 1. The van der Waals surface area contributed by atoms with Crippen LogP contribution in [0.2, 0.25) is 5.02 Å². The number of carbonyl (C=O) groups is 1. The molecule has 0 aliphatic carbocycles. The Hall–Kier alpha value is -1.68. The molecular weight excluding hydrogens is 442 g/mol. The first-order valence-electron chi connectivity index (χ1n) is 8.93. The van der Waals surface area contributed by atoms with Crippen LogP contribution in [0.3, 0.4) is 0 Å². The van der Waals surface area contributed by atoms with Crippen molar-refractivity contribution in [3.63, 3.8) is 0 Å². The van der Waals surface area contributed by atoms with Gasteiger partial charge in [-0.15, -0.1) is 0 Å². The van der Waals surface area contributed by atoms with Gasteiger partial charge in [0.2, 0.25) is 10.0 Å². The molecule has 1 aliphatic heterocycles. The predicted molar refractivity (Wildman–Crippen MR) is 110 cm³/mol. The summed E-state index contributed by atoms with van der Waals surface area (Å²) in [6.45, 7) is 0.908. The van der Waals surface area contributed by atoms with Gasteiger partial charge in [0.05, 0.1) is 15.5 Å². The van der Waals surface area contributed by atoms with Crippen LogP contribution in [0.4, 0.5) is 14.5 Å². The molecule has 1 saturated heterocycles. The summed E-state index contributed by atoms with van der Waals surface area (Å²) >= 11 is 6.52. The van der Waals surface area contributed by atoms with Crippen molar-refractivity contribution < 1.29 is 22.0 Å². The fourth-order valence-electron chi connectivity index (χ4n) is 3.01. The van der Waals surface area contributed by atoms with Crippen LogP contribution in [0.1, 0.15) is 29.6 Å². The smallest absolute Gasteiger partial charge is 0.288 e. The number of alkyl halides is 2. The summed E-state index contributed by atoms with van der Waals surface area (Å²) in [5.74, 6) is -3.11. The normalized spacial score (nSPS) is 15.4. The zero-order chi connectivity index (χ0) is 21.0. The van der Waals surface area contributed by atoms with Crippen molar-refractivity contribution in [3.8, 4) is 0 Å². The van der Waals surface area contributed by atoms with E-state index in [1.807, 2.05) is 0 Å². The van der Waals surface area contributed by atoms with E-state index in [1.54, 1.807) is 0 Å². The van der Waals surface area contributed by atoms with Crippen LogP contribution in [0.5, 0.6) is 0 Å². The van der Waals surface area contributed by atoms with E-state index in [2.05, 4.69) is 5.32 Å². The van der Waals surface area contributed by atoms with Crippen LogP contribution in [0.15, 0.2) is 52.3 Å². The monoisotopic (exact) mass is 460 g/mol. The van der Waals surface area contributed by atoms with Gasteiger partial charge in [0, 0.05) is 23.7 Å². The summed E-state index contributed by atoms with van der Waals surface area (Å²) in [6.07, 6.45) is 2.61. The molecule has 0 spiro atoms. The van der Waals surface area contributed by atoms with E-state index in [1.165, 1.54) is 46.8 Å². The largest absolute Gasteiger partial charge is 0.322 e. The Labute approximate surface area is 177 Å². The van der Waals surface area contributed by atoms with Gasteiger partial charge in [0.1, 0.15) is 0 Å². The van der Waals surface area contributed by atoms with Gasteiger partial charge in [-0.2, -0.15) is 13.1 Å². The van der Waals surface area contributed by atoms with Gasteiger partial charge < -0.3 is 5.32 Å². The Morgan fingerprint density at radius 1 is 1.07 bits per heavy atom. The minimum absolute atomic E-state index is 0.0117. The SMILES string of the molecule is O=C(Nc1ccc(SC(F)F)cc1)c1cc(S(=O)(=O)N2CCCCC2)ccc1Cl. The highest BCUT2D eigenvalue weighted by Gasteiger charge is 2.27. The Morgan fingerprint density at radius 3 is 2.34 bits per heavy atom. The van der Waals surface area contributed by atoms with Gasteiger partial charge in [-0.25, -0.2) is 8.42 Å². The quantitative estimate of drug-likeness (QED) is 0.610. The number of halogens is 3. The number of anilines is 1. The van der Waals surface area contributed by atoms with Gasteiger partial charge in [-0.3, -0.25) is 4.79 Å². The maximum absolute atomic E-state index is 12.8. The molecule has 0 unspecified atom stereocenters. The second-order valence-corrected chi connectivity index (χ2v) is 9.87. The minimum atomic E-state index is -3.70. The molecule has 10 heteroatoms. The molecule has 1 heterocycles. The molecule has 3 rings (SSSR count). The van der Waals surface area contributed by atoms with Crippen molar-refractivity contribution in [2.45, 2.75) is 34.8 Å². The predicted octanol–water partition coefficient (Wildman–Crippen LogP) is 5.08. The highest BCUT2D eigenvalue weighted by Crippen LogP contribution is 2.28. The van der Waals surface area contributed by atoms with E-state index >= 15 is 0 Å². The van der Waals surface area contributed by atoms with Crippen molar-refractivity contribution in [2.24, 2.45) is 0 Å². The second-order valence-electron chi connectivity index (χ2n) is 6.46. The average Bonchev–Trinajstić information content (AvgIpc) is 2.70. The number of thioether (sulfide) groups is 1. The second kappa shape index (κ2) is 9.42. The third kappa shape index (κ3) is 5.48. The topological polar surface area (TPSA) is 66.5 Å². The van der Waals surface area contributed by atoms with Crippen LogP contribution < -0.4 is 5.32 Å². The molecule has 0 radical (unpaired) electrons. The molecule has 156 valence electrons. The van der Waals surface area contributed by atoms with Gasteiger partial charge in [0.15, 0.2) is 0 Å². The van der Waals surface area contributed by atoms with Crippen molar-refractivity contribution >= 4 is 45.0 Å². The van der Waals surface area contributed by atoms with Crippen molar-refractivity contribution in [3.05, 3.63) is 53.1 Å². The lowest BCUT2D eigenvalue weighted by Gasteiger charge is -2.26. The number of hydrogen-bond acceptors (Lipinski definition) is 4. The molecule has 0 aromatic heterocycles. The first kappa shape index (κ1) is 22.0. The number of nitrogens with zero attached hydrogens (tertiary/aromatic N) is 1. The summed E-state index contributed by atoms with van der Waals surface area (Å²) in [5.41, 5.74) is 0.407. The van der Waals surface area contributed by atoms with E-state index in [4.69, 9.17) is 11.6 Å². The van der Waals surface area contributed by atoms with E-state index in [0.29, 0.717) is 35.4 Å². The van der Waals surface area contributed by atoms with Crippen LogP contribution in [-0.4, -0.2) is 37.5 Å².